The zero-order valence-corrected chi connectivity index (χ0v) is 91.3. The van der Waals surface area contributed by atoms with Crippen LogP contribution in [-0.2, 0) is 42.3 Å². The molecule has 0 radical (unpaired) electrons. The van der Waals surface area contributed by atoms with Crippen LogP contribution in [0.3, 0.4) is 0 Å². The highest BCUT2D eigenvalue weighted by Gasteiger charge is 2.29. The van der Waals surface area contributed by atoms with E-state index in [9.17, 15) is 4.39 Å². The molecule has 138 heavy (non-hydrogen) atoms. The molecule has 12 nitrogen and oxygen atoms in total. The van der Waals surface area contributed by atoms with Gasteiger partial charge in [0.2, 0.25) is 34.2 Å². The molecule has 0 fully saturated rings. The molecule has 19 heteroatoms. The average Bonchev–Trinajstić information content (AvgIpc) is 1.59. The first-order valence-electron chi connectivity index (χ1n) is 47.5. The Morgan fingerprint density at radius 3 is 0.971 bits per heavy atom. The van der Waals surface area contributed by atoms with Crippen molar-refractivity contribution in [2.45, 2.75) is 198 Å². The monoisotopic (exact) mass is 1940 g/mol. The van der Waals surface area contributed by atoms with Crippen molar-refractivity contribution in [1.29, 1.82) is 0 Å². The van der Waals surface area contributed by atoms with Crippen LogP contribution in [0.4, 0.5) is 4.39 Å². The van der Waals surface area contributed by atoms with Gasteiger partial charge in [-0.3, -0.25) is 0 Å². The summed E-state index contributed by atoms with van der Waals surface area (Å²) in [6, 6.07) is 53.3. The lowest BCUT2D eigenvalue weighted by Gasteiger charge is -2.17. The topological polar surface area (TPSA) is 101 Å². The number of fused-ring (bicyclic) bond motifs is 6. The molecule has 0 aliphatic rings. The van der Waals surface area contributed by atoms with Crippen molar-refractivity contribution in [2.24, 2.45) is 42.3 Å². The Balaban J connectivity index is 0.000000127. The Kier molecular flexibility index (Phi) is 30.2. The molecule has 20 rings (SSSR count). The third-order valence-corrected chi connectivity index (χ3v) is 33.1. The van der Waals surface area contributed by atoms with Crippen LogP contribution in [0.15, 0.2) is 194 Å². The minimum Gasteiger partial charge on any atom is -0.244 e. The van der Waals surface area contributed by atoms with Crippen LogP contribution in [0.5, 0.6) is 0 Å². The Bertz CT molecular complexity index is 7920. The van der Waals surface area contributed by atoms with Gasteiger partial charge in [-0.2, -0.15) is 27.4 Å². The van der Waals surface area contributed by atoms with Crippen LogP contribution >= 0.6 is 68.0 Å². The molecule has 8 aromatic carbocycles. The summed E-state index contributed by atoms with van der Waals surface area (Å²) in [7, 11) is 12.6. The lowest BCUT2D eigenvalue weighted by atomic mass is 9.89. The third kappa shape index (κ3) is 21.1. The molecule has 0 N–H and O–H groups in total. The summed E-state index contributed by atoms with van der Waals surface area (Å²) >= 11 is 10.6. The van der Waals surface area contributed by atoms with E-state index in [-0.39, 0.29) is 5.82 Å². The highest BCUT2D eigenvalue weighted by molar-refractivity contribution is 7.22. The van der Waals surface area contributed by atoms with Crippen LogP contribution in [0.25, 0.3) is 150 Å². The largest absolute Gasteiger partial charge is 0.244 e. The Morgan fingerprint density at radius 2 is 0.609 bits per heavy atom. The fraction of sp³-hybridized carbons (Fsp3) is 0.294. The fourth-order valence-corrected chi connectivity index (χ4v) is 24.8. The van der Waals surface area contributed by atoms with Crippen molar-refractivity contribution < 1.29 is 31.8 Å². The van der Waals surface area contributed by atoms with E-state index in [4.69, 9.17) is 15.0 Å². The molecule has 20 aromatic rings. The predicted molar refractivity (Wildman–Crippen MR) is 585 cm³/mol. The van der Waals surface area contributed by atoms with Gasteiger partial charge < -0.3 is 0 Å². The van der Waals surface area contributed by atoms with Crippen LogP contribution in [0.2, 0.25) is 0 Å². The number of hydrogen-bond donors (Lipinski definition) is 0. The third-order valence-electron chi connectivity index (χ3n) is 26.8. The van der Waals surface area contributed by atoms with E-state index < -0.39 is 0 Å². The second kappa shape index (κ2) is 41.5. The van der Waals surface area contributed by atoms with Crippen molar-refractivity contribution in [3.63, 3.8) is 0 Å². The van der Waals surface area contributed by atoms with Gasteiger partial charge in [0.05, 0.1) is 74.3 Å². The number of benzene rings is 8. The molecule has 0 amide bonds. The van der Waals surface area contributed by atoms with E-state index in [0.29, 0.717) is 17.8 Å². The number of thiazole rings is 6. The maximum absolute atomic E-state index is 13.2. The second-order valence-electron chi connectivity index (χ2n) is 38.7. The van der Waals surface area contributed by atoms with Crippen molar-refractivity contribution in [3.05, 3.63) is 326 Å². The lowest BCUT2D eigenvalue weighted by Crippen LogP contribution is -2.30. The standard InChI is InChI=1S/C28H33N2S.C22H20FN2S.C19H23N2S.2C17H19N2S.C16H17N2S/c1-16(2)21-10-9-11-22(17(3)4)27(21)28-29-24-15-30(8)25(14-26(24)31-28)23-13-18(5)12-19(6)20(23)7;1-13-9-14(2)15(3)18(10-13)20-11-21-19(12-25(20)4)24-22(26-21)16-5-7-17(23)8-6-16;1-11(2)19-20-16-7-8-21(6)17(18(16)22-19)15-10-12(3)9-13(4)14(15)5;2*1-10-8-11(2)12(3)14(9-10)16-17-15(6-7-19(16)5)18-13(4)20-17;1-10-7-11(2)12(3)13(8-10)15-16-14(17-9-19-16)5-6-18(15)4/h9-17H,1-8H3;5-12H,1-4H3;7-11H,1-6H3;2*6-9H,1-5H3;5-9H,1-4H3/q6*+1. The van der Waals surface area contributed by atoms with Crippen LogP contribution in [0.1, 0.15) is 186 Å². The first-order valence-corrected chi connectivity index (χ1v) is 52.5. The van der Waals surface area contributed by atoms with Gasteiger partial charge in [-0.25, -0.2) is 34.3 Å². The SMILES string of the molecule is Cc1cc(C)c(C)c(-c2c3sc(C(C)C)nc3cc[n+]2C)c1.Cc1cc(C)c(C)c(-c2c3sc(C)nc3cc[n+]2C)c1.Cc1cc(C)c(C)c(-c2c3sc(C)nc3cc[n+]2C)c1.Cc1cc(C)c(C)c(-c2c3scnc3cc[n+]2C)c1.Cc1cc(C)c(C)c(-c2cc3sc(-c4c(C(C)C)cccc4C(C)C)nc3c[n+]2C)c1.Cc1cc(C)c(C)c(-c2cc3sc(-c4ccc(F)cc4)nc3c[n+]2C)c1. The average molecular weight is 1940 g/mol. The van der Waals surface area contributed by atoms with Crippen molar-refractivity contribution in [1.82, 2.24) is 29.9 Å². The summed E-state index contributed by atoms with van der Waals surface area (Å²) in [5, 5.41) is 5.50. The number of aromatic nitrogens is 12. The zero-order chi connectivity index (χ0) is 99.3. The molecule has 0 aliphatic carbocycles. The molecular weight excluding hydrogens is 1810 g/mol. The highest BCUT2D eigenvalue weighted by Crippen LogP contribution is 2.44. The van der Waals surface area contributed by atoms with Gasteiger partial charge in [0, 0.05) is 64.6 Å². The van der Waals surface area contributed by atoms with E-state index in [1.54, 1.807) is 57.5 Å². The van der Waals surface area contributed by atoms with Gasteiger partial charge in [-0.15, -0.1) is 68.0 Å². The maximum Gasteiger partial charge on any atom is 0.232 e. The molecular formula is C119H131FN12S6+6. The van der Waals surface area contributed by atoms with Gasteiger partial charge in [-0.1, -0.05) is 130 Å². The molecule has 12 heterocycles. The molecule has 0 bridgehead atoms. The number of halogens is 1. The highest BCUT2D eigenvalue weighted by atomic mass is 32.1. The first kappa shape index (κ1) is 100. The van der Waals surface area contributed by atoms with Crippen LogP contribution < -0.4 is 27.4 Å². The quantitative estimate of drug-likeness (QED) is 0.120. The first-order chi connectivity index (χ1) is 65.5. The van der Waals surface area contributed by atoms with Crippen molar-refractivity contribution in [2.75, 3.05) is 0 Å². The summed E-state index contributed by atoms with van der Waals surface area (Å²) in [5.74, 6) is 1.17. The minimum absolute atomic E-state index is 0.228. The van der Waals surface area contributed by atoms with E-state index >= 15 is 0 Å². The minimum atomic E-state index is -0.228. The van der Waals surface area contributed by atoms with Gasteiger partial charge in [0.1, 0.15) is 88.0 Å². The van der Waals surface area contributed by atoms with Crippen molar-refractivity contribution >= 4 is 129 Å². The van der Waals surface area contributed by atoms with E-state index in [1.165, 1.54) is 225 Å². The molecule has 12 aromatic heterocycles. The number of pyridine rings is 6. The smallest absolute Gasteiger partial charge is 0.232 e. The molecule has 0 saturated carbocycles. The summed E-state index contributed by atoms with van der Waals surface area (Å²) in [6.45, 7) is 56.9. The molecule has 704 valence electrons. The Hall–Kier alpha value is -12.1. The lowest BCUT2D eigenvalue weighted by molar-refractivity contribution is -0.659. The Morgan fingerprint density at radius 1 is 0.290 bits per heavy atom. The number of nitrogens with zero attached hydrogens (tertiary/aromatic N) is 12. The van der Waals surface area contributed by atoms with E-state index in [2.05, 4.69) is 429 Å². The summed E-state index contributed by atoms with van der Waals surface area (Å²) < 4.78 is 33.9. The Labute approximate surface area is 839 Å². The van der Waals surface area contributed by atoms with Gasteiger partial charge in [0.25, 0.3) is 0 Å². The second-order valence-corrected chi connectivity index (χ2v) is 45.1. The number of hydrogen-bond acceptors (Lipinski definition) is 12. The van der Waals surface area contributed by atoms with E-state index in [1.807, 2.05) is 28.2 Å². The molecule has 0 unspecified atom stereocenters. The maximum atomic E-state index is 13.2. The molecule has 0 spiro atoms. The fourth-order valence-electron chi connectivity index (χ4n) is 18.7. The summed E-state index contributed by atoms with van der Waals surface area (Å²) in [5.41, 5.74) is 52.6. The number of aryl methyl sites for hydroxylation is 20. The molecule has 0 saturated heterocycles. The van der Waals surface area contributed by atoms with Gasteiger partial charge in [-0.05, 0) is 289 Å². The molecule has 0 aliphatic heterocycles. The normalized spacial score (nSPS) is 11.4. The predicted octanol–water partition coefficient (Wildman–Crippen LogP) is 29.7. The van der Waals surface area contributed by atoms with Crippen LogP contribution in [0, 0.1) is 144 Å². The number of rotatable bonds is 11. The van der Waals surface area contributed by atoms with E-state index in [0.717, 1.165) is 63.4 Å². The van der Waals surface area contributed by atoms with Gasteiger partial charge in [0.15, 0.2) is 37.2 Å². The summed E-state index contributed by atoms with van der Waals surface area (Å²) in [4.78, 5) is 28.3. The van der Waals surface area contributed by atoms with Crippen molar-refractivity contribution in [3.8, 4) is 88.7 Å². The molecule has 0 atom stereocenters. The summed E-state index contributed by atoms with van der Waals surface area (Å²) in [6.07, 6.45) is 12.7. The van der Waals surface area contributed by atoms with Gasteiger partial charge >= 0.3 is 0 Å². The zero-order valence-electron chi connectivity index (χ0n) is 86.4. The van der Waals surface area contributed by atoms with Crippen LogP contribution in [-0.4, -0.2) is 29.9 Å².